The molecule has 6 atom stereocenters. The second kappa shape index (κ2) is 12.7. The summed E-state index contributed by atoms with van der Waals surface area (Å²) in [6, 6.07) is 28.0. The molecule has 230 valence electrons. The molecule has 1 aliphatic heterocycles. The van der Waals surface area contributed by atoms with Crippen LogP contribution in [0.4, 0.5) is 0 Å². The van der Waals surface area contributed by atoms with Crippen molar-refractivity contribution in [2.45, 2.75) is 35.3 Å². The molecule has 10 nitrogen and oxygen atoms in total. The minimum Gasteiger partial charge on any atom is -0.380 e. The van der Waals surface area contributed by atoms with Crippen molar-refractivity contribution >= 4 is 39.4 Å². The maximum atomic E-state index is 14.5. The molecule has 0 spiro atoms. The Bertz CT molecular complexity index is 1700. The van der Waals surface area contributed by atoms with E-state index in [1.807, 2.05) is 0 Å². The van der Waals surface area contributed by atoms with E-state index in [2.05, 4.69) is 16.3 Å². The second-order valence-electron chi connectivity index (χ2n) is 10.5. The SMILES string of the molecule is O=C(C(O)c1ccccc1)[C@H]1O[C@H](OBr)[C@](O)(C(=O)c2ccccc2)[C@](O)(C(=O)c2ccccc2)[C@@]1(O)C(=O)c1ccccc1. The fraction of sp³-hybridized carbons (Fsp3) is 0.176. The van der Waals surface area contributed by atoms with Crippen molar-refractivity contribution in [1.29, 1.82) is 0 Å². The van der Waals surface area contributed by atoms with Gasteiger partial charge in [-0.15, -0.1) is 0 Å². The first-order valence-corrected chi connectivity index (χ1v) is 14.3. The van der Waals surface area contributed by atoms with Crippen molar-refractivity contribution in [3.63, 3.8) is 0 Å². The number of rotatable bonds is 10. The Hall–Kier alpha value is -4.20. The Morgan fingerprint density at radius 1 is 0.622 bits per heavy atom. The van der Waals surface area contributed by atoms with Gasteiger partial charge in [-0.05, 0) is 5.56 Å². The summed E-state index contributed by atoms with van der Waals surface area (Å²) in [6.07, 6.45) is -7.04. The predicted molar refractivity (Wildman–Crippen MR) is 162 cm³/mol. The van der Waals surface area contributed by atoms with Crippen molar-refractivity contribution in [3.05, 3.63) is 144 Å². The Labute approximate surface area is 265 Å². The van der Waals surface area contributed by atoms with Gasteiger partial charge >= 0.3 is 0 Å². The van der Waals surface area contributed by atoms with E-state index in [-0.39, 0.29) is 22.3 Å². The Kier molecular flexibility index (Phi) is 9.06. The molecule has 4 aromatic carbocycles. The molecule has 0 aromatic heterocycles. The third kappa shape index (κ3) is 5.08. The molecule has 0 amide bonds. The van der Waals surface area contributed by atoms with Crippen LogP contribution in [0.2, 0.25) is 0 Å². The van der Waals surface area contributed by atoms with Gasteiger partial charge in [0.25, 0.3) is 0 Å². The van der Waals surface area contributed by atoms with Gasteiger partial charge in [-0.25, -0.2) is 0 Å². The van der Waals surface area contributed by atoms with Crippen LogP contribution >= 0.6 is 16.3 Å². The monoisotopic (exact) mass is 674 g/mol. The van der Waals surface area contributed by atoms with Crippen molar-refractivity contribution in [2.75, 3.05) is 0 Å². The number of hydrogen-bond donors (Lipinski definition) is 4. The van der Waals surface area contributed by atoms with E-state index in [0.29, 0.717) is 0 Å². The number of benzene rings is 4. The highest BCUT2D eigenvalue weighted by atomic mass is 79.9. The van der Waals surface area contributed by atoms with Gasteiger partial charge in [0.05, 0.1) is 0 Å². The topological polar surface area (TPSA) is 168 Å². The fourth-order valence-electron chi connectivity index (χ4n) is 5.59. The lowest BCUT2D eigenvalue weighted by Gasteiger charge is -2.57. The van der Waals surface area contributed by atoms with Crippen LogP contribution in [0.15, 0.2) is 121 Å². The largest absolute Gasteiger partial charge is 0.380 e. The van der Waals surface area contributed by atoms with Crippen molar-refractivity contribution in [3.8, 4) is 0 Å². The number of ketones is 4. The molecule has 0 bridgehead atoms. The van der Waals surface area contributed by atoms with Crippen molar-refractivity contribution in [1.82, 2.24) is 0 Å². The fourth-order valence-corrected chi connectivity index (χ4v) is 5.95. The molecule has 0 saturated carbocycles. The number of ether oxygens (including phenoxy) is 1. The van der Waals surface area contributed by atoms with Crippen LogP contribution in [0.3, 0.4) is 0 Å². The summed E-state index contributed by atoms with van der Waals surface area (Å²) in [6.45, 7) is 0. The average molecular weight is 675 g/mol. The van der Waals surface area contributed by atoms with Crippen molar-refractivity contribution in [2.24, 2.45) is 0 Å². The second-order valence-corrected chi connectivity index (χ2v) is 10.9. The smallest absolute Gasteiger partial charge is 0.219 e. The standard InChI is InChI=1S/C34H27BrO10/c35-45-31-33(42,28(39)23-17-9-3-10-18-23)34(43,29(40)24-19-11-4-12-20-24)32(41,27(38)22-15-7-2-8-16-22)30(44-31)26(37)25(36)21-13-5-1-6-14-21/h1-20,25,30-31,36,41-43H/t25?,30-,31-,32-,33-,34+/m1/s1. The molecule has 1 aliphatic rings. The van der Waals surface area contributed by atoms with Crippen LogP contribution < -0.4 is 0 Å². The molecule has 1 fully saturated rings. The van der Waals surface area contributed by atoms with E-state index in [9.17, 15) is 39.6 Å². The zero-order chi connectivity index (χ0) is 32.4. The molecule has 45 heavy (non-hydrogen) atoms. The summed E-state index contributed by atoms with van der Waals surface area (Å²) in [7, 11) is 0. The van der Waals surface area contributed by atoms with Gasteiger partial charge in [-0.1, -0.05) is 121 Å². The number of aliphatic hydroxyl groups excluding tert-OH is 1. The lowest BCUT2D eigenvalue weighted by molar-refractivity contribution is -0.327. The molecular weight excluding hydrogens is 648 g/mol. The Morgan fingerprint density at radius 2 is 1.00 bits per heavy atom. The van der Waals surface area contributed by atoms with Crippen LogP contribution in [0.25, 0.3) is 0 Å². The van der Waals surface area contributed by atoms with Crippen LogP contribution in [-0.4, -0.2) is 72.8 Å². The summed E-state index contributed by atoms with van der Waals surface area (Å²) >= 11 is 2.66. The van der Waals surface area contributed by atoms with Crippen molar-refractivity contribution < 1.29 is 48.2 Å². The van der Waals surface area contributed by atoms with Gasteiger partial charge in [0.15, 0.2) is 11.9 Å². The number of carbonyl (C=O) groups is 4. The van der Waals surface area contributed by atoms with E-state index >= 15 is 0 Å². The summed E-state index contributed by atoms with van der Waals surface area (Å²) < 4.78 is 10.8. The molecule has 1 saturated heterocycles. The minimum atomic E-state index is -3.88. The summed E-state index contributed by atoms with van der Waals surface area (Å²) in [5.41, 5.74) is -12.1. The van der Waals surface area contributed by atoms with E-state index in [0.717, 1.165) is 0 Å². The molecule has 11 heteroatoms. The summed E-state index contributed by atoms with van der Waals surface area (Å²) in [5, 5.41) is 48.9. The predicted octanol–water partition coefficient (Wildman–Crippen LogP) is 3.18. The highest BCUT2D eigenvalue weighted by molar-refractivity contribution is 9.06. The van der Waals surface area contributed by atoms with Crippen LogP contribution in [0.1, 0.15) is 42.7 Å². The number of hydrogen-bond acceptors (Lipinski definition) is 10. The maximum absolute atomic E-state index is 14.5. The van der Waals surface area contributed by atoms with E-state index < -0.39 is 58.4 Å². The Balaban J connectivity index is 1.84. The summed E-state index contributed by atoms with van der Waals surface area (Å²) in [4.78, 5) is 57.2. The first-order chi connectivity index (χ1) is 21.5. The van der Waals surface area contributed by atoms with Gasteiger partial charge in [-0.3, -0.25) is 23.0 Å². The van der Waals surface area contributed by atoms with Gasteiger partial charge < -0.3 is 25.2 Å². The Morgan fingerprint density at radius 3 is 1.42 bits per heavy atom. The van der Waals surface area contributed by atoms with Crippen LogP contribution in [0, 0.1) is 0 Å². The minimum absolute atomic E-state index is 0.0241. The maximum Gasteiger partial charge on any atom is 0.219 e. The quantitative estimate of drug-likeness (QED) is 0.183. The van der Waals surface area contributed by atoms with Crippen LogP contribution in [0.5, 0.6) is 0 Å². The molecule has 4 aromatic rings. The van der Waals surface area contributed by atoms with Crippen LogP contribution in [-0.2, 0) is 13.4 Å². The average Bonchev–Trinajstić information content (AvgIpc) is 3.10. The molecule has 1 unspecified atom stereocenters. The zero-order valence-electron chi connectivity index (χ0n) is 23.4. The molecule has 5 rings (SSSR count). The highest BCUT2D eigenvalue weighted by Crippen LogP contribution is 2.51. The number of Topliss-reactive ketones (excluding diaryl/α,β-unsaturated/α-hetero) is 4. The normalized spacial score (nSPS) is 26.9. The van der Waals surface area contributed by atoms with Gasteiger partial charge in [0, 0.05) is 16.7 Å². The lowest BCUT2D eigenvalue weighted by atomic mass is 9.57. The lowest BCUT2D eigenvalue weighted by Crippen LogP contribution is -2.87. The van der Waals surface area contributed by atoms with Gasteiger partial charge in [0.1, 0.15) is 22.4 Å². The molecule has 1 heterocycles. The molecule has 0 radical (unpaired) electrons. The number of carbonyl (C=O) groups excluding carboxylic acids is 4. The van der Waals surface area contributed by atoms with Gasteiger partial charge in [0.2, 0.25) is 40.4 Å². The van der Waals surface area contributed by atoms with E-state index in [1.165, 1.54) is 97.1 Å². The first kappa shape index (κ1) is 32.2. The third-order valence-corrected chi connectivity index (χ3v) is 8.28. The van der Waals surface area contributed by atoms with E-state index in [1.54, 1.807) is 24.3 Å². The molecule has 0 aliphatic carbocycles. The third-order valence-electron chi connectivity index (χ3n) is 7.94. The number of aliphatic hydroxyl groups is 4. The first-order valence-electron chi connectivity index (χ1n) is 13.7. The molecule has 4 N–H and O–H groups in total. The number of halogens is 1. The zero-order valence-corrected chi connectivity index (χ0v) is 25.0. The van der Waals surface area contributed by atoms with E-state index in [4.69, 9.17) is 8.57 Å². The highest BCUT2D eigenvalue weighted by Gasteiger charge is 2.82. The van der Waals surface area contributed by atoms with Gasteiger partial charge in [-0.2, -0.15) is 0 Å². The summed E-state index contributed by atoms with van der Waals surface area (Å²) in [5.74, 6) is -5.73. The molecular formula is C34H27BrO10.